The van der Waals surface area contributed by atoms with Crippen molar-refractivity contribution in [2.75, 3.05) is 0 Å². The van der Waals surface area contributed by atoms with E-state index in [0.29, 0.717) is 28.9 Å². The normalized spacial score (nSPS) is 11.3. The fourth-order valence-corrected chi connectivity index (χ4v) is 6.59. The minimum Gasteiger partial charge on any atom is -0.291 e. The first kappa shape index (κ1) is 31.0. The number of benzene rings is 3. The van der Waals surface area contributed by atoms with Crippen molar-refractivity contribution in [1.82, 2.24) is 54.0 Å². The Morgan fingerprint density at radius 3 is 1.26 bits per heavy atom. The maximum Gasteiger partial charge on any atom is 0.182 e. The summed E-state index contributed by atoms with van der Waals surface area (Å²) in [5, 5.41) is 0. The summed E-state index contributed by atoms with van der Waals surface area (Å²) in [4.78, 5) is 42.7. The van der Waals surface area contributed by atoms with Crippen molar-refractivity contribution >= 4 is 22.1 Å². The molecule has 0 radical (unpaired) electrons. The highest BCUT2D eigenvalue weighted by molar-refractivity contribution is 5.84. The number of imidazole rings is 2. The van der Waals surface area contributed by atoms with Crippen LogP contribution in [0.5, 0.6) is 0 Å². The number of rotatable bonds is 7. The van der Waals surface area contributed by atoms with Crippen molar-refractivity contribution in [3.05, 3.63) is 165 Å². The number of hydrogen-bond acceptors (Lipinski definition) is 9. The molecule has 10 rings (SSSR count). The quantitative estimate of drug-likeness (QED) is 0.161. The van der Waals surface area contributed by atoms with Gasteiger partial charge in [0.05, 0.1) is 45.8 Å². The molecule has 0 aliphatic heterocycles. The fraction of sp³-hybridized carbons (Fsp3) is 0. The molecule has 11 nitrogen and oxygen atoms in total. The lowest BCUT2D eigenvalue weighted by molar-refractivity contribution is 1.03. The van der Waals surface area contributed by atoms with Crippen molar-refractivity contribution in [2.45, 2.75) is 0 Å². The Bertz CT molecular complexity index is 2730. The van der Waals surface area contributed by atoms with E-state index in [1.165, 1.54) is 0 Å². The van der Waals surface area contributed by atoms with Gasteiger partial charge in [-0.3, -0.25) is 29.1 Å². The second kappa shape index (κ2) is 13.1. The first-order valence-electron chi connectivity index (χ1n) is 17.3. The molecule has 0 unspecified atom stereocenters. The van der Waals surface area contributed by atoms with E-state index in [9.17, 15) is 0 Å². The molecule has 0 aliphatic carbocycles. The van der Waals surface area contributed by atoms with Crippen LogP contribution < -0.4 is 0 Å². The molecule has 0 spiro atoms. The Morgan fingerprint density at radius 2 is 0.796 bits per heavy atom. The lowest BCUT2D eigenvalue weighted by Crippen LogP contribution is -2.04. The Hall–Kier alpha value is -7.79. The zero-order valence-corrected chi connectivity index (χ0v) is 28.5. The predicted octanol–water partition coefficient (Wildman–Crippen LogP) is 8.46. The molecule has 3 aromatic carbocycles. The first-order chi connectivity index (χ1) is 26.8. The molecule has 54 heavy (non-hydrogen) atoms. The van der Waals surface area contributed by atoms with Gasteiger partial charge in [0.1, 0.15) is 23.0 Å². The summed E-state index contributed by atoms with van der Waals surface area (Å²) in [6.45, 7) is 0. The molecule has 0 N–H and O–H groups in total. The molecule has 7 aromatic heterocycles. The van der Waals surface area contributed by atoms with Gasteiger partial charge in [-0.1, -0.05) is 54.6 Å². The lowest BCUT2D eigenvalue weighted by Gasteiger charge is -2.11. The van der Waals surface area contributed by atoms with Gasteiger partial charge in [-0.15, -0.1) is 0 Å². The lowest BCUT2D eigenvalue weighted by atomic mass is 10.2. The highest BCUT2D eigenvalue weighted by atomic mass is 15.1. The molecule has 0 aliphatic rings. The number of aromatic nitrogens is 11. The van der Waals surface area contributed by atoms with Crippen molar-refractivity contribution < 1.29 is 0 Å². The zero-order valence-electron chi connectivity index (χ0n) is 28.5. The van der Waals surface area contributed by atoms with Crippen LogP contribution in [0.25, 0.3) is 90.6 Å². The van der Waals surface area contributed by atoms with E-state index in [2.05, 4.69) is 31.2 Å². The molecule has 0 fully saturated rings. The molecule has 0 saturated heterocycles. The van der Waals surface area contributed by atoms with Crippen LogP contribution in [-0.2, 0) is 0 Å². The van der Waals surface area contributed by atoms with E-state index < -0.39 is 0 Å². The second-order valence-corrected chi connectivity index (χ2v) is 12.5. The van der Waals surface area contributed by atoms with E-state index in [4.69, 9.17) is 34.9 Å². The summed E-state index contributed by atoms with van der Waals surface area (Å²) in [6.07, 6.45) is 10.7. The summed E-state index contributed by atoms with van der Waals surface area (Å²) >= 11 is 0. The molecular weight excluding hydrogens is 671 g/mol. The third-order valence-corrected chi connectivity index (χ3v) is 9.14. The molecule has 11 heteroatoms. The minimum atomic E-state index is 0.432. The van der Waals surface area contributed by atoms with Crippen LogP contribution in [0.1, 0.15) is 0 Å². The molecule has 0 saturated carbocycles. The molecule has 0 bridgehead atoms. The number of pyridine rings is 4. The number of nitrogens with zero attached hydrogens (tertiary/aromatic N) is 11. The number of hydrogen-bond donors (Lipinski definition) is 0. The maximum atomic E-state index is 4.95. The minimum absolute atomic E-state index is 0.432. The van der Waals surface area contributed by atoms with Gasteiger partial charge < -0.3 is 0 Å². The Kier molecular flexibility index (Phi) is 7.50. The van der Waals surface area contributed by atoms with Crippen molar-refractivity contribution in [1.29, 1.82) is 0 Å². The standard InChI is InChI=1S/C43H27N11/c1-2-8-28(9-3-1)39-50-40(35-16-14-31(26-46-35)53-37-12-6-4-10-33(37)48-42(53)29-18-22-44-23-19-29)52-41(51-39)36-17-15-32(27-47-36)54-38-13-7-5-11-34(38)49-43(54)30-20-24-45-25-21-30/h1-27H. The van der Waals surface area contributed by atoms with Crippen LogP contribution in [-0.4, -0.2) is 54.0 Å². The fourth-order valence-electron chi connectivity index (χ4n) is 6.59. The maximum absolute atomic E-state index is 4.95. The van der Waals surface area contributed by atoms with Gasteiger partial charge in [0, 0.05) is 41.5 Å². The molecule has 254 valence electrons. The highest BCUT2D eigenvalue weighted by Gasteiger charge is 2.19. The monoisotopic (exact) mass is 697 g/mol. The van der Waals surface area contributed by atoms with E-state index in [1.807, 2.05) is 128 Å². The van der Waals surface area contributed by atoms with E-state index in [0.717, 1.165) is 61.8 Å². The predicted molar refractivity (Wildman–Crippen MR) is 207 cm³/mol. The zero-order chi connectivity index (χ0) is 35.8. The van der Waals surface area contributed by atoms with Crippen LogP contribution in [0, 0.1) is 0 Å². The van der Waals surface area contributed by atoms with Gasteiger partial charge in [-0.25, -0.2) is 24.9 Å². The Balaban J connectivity index is 1.06. The van der Waals surface area contributed by atoms with Gasteiger partial charge in [0.15, 0.2) is 17.5 Å². The van der Waals surface area contributed by atoms with Crippen LogP contribution in [0.4, 0.5) is 0 Å². The first-order valence-corrected chi connectivity index (χ1v) is 17.3. The smallest absolute Gasteiger partial charge is 0.182 e. The van der Waals surface area contributed by atoms with Gasteiger partial charge in [-0.2, -0.15) is 0 Å². The Labute approximate surface area is 308 Å². The van der Waals surface area contributed by atoms with Crippen molar-refractivity contribution in [2.24, 2.45) is 0 Å². The summed E-state index contributed by atoms with van der Waals surface area (Å²) in [5.41, 5.74) is 9.37. The molecule has 7 heterocycles. The topological polar surface area (TPSA) is 126 Å². The second-order valence-electron chi connectivity index (χ2n) is 12.5. The third-order valence-electron chi connectivity index (χ3n) is 9.14. The van der Waals surface area contributed by atoms with Crippen molar-refractivity contribution in [3.63, 3.8) is 0 Å². The molecule has 0 atom stereocenters. The van der Waals surface area contributed by atoms with Gasteiger partial charge in [-0.05, 0) is 72.8 Å². The SMILES string of the molecule is c1ccc(-c2nc(-c3ccc(-n4c(-c5ccncc5)nc5ccccc54)cn3)nc(-c3ccc(-n4c(-c5ccncc5)nc5ccccc54)cn3)n2)cc1. The summed E-state index contributed by atoms with van der Waals surface area (Å²) in [6, 6.07) is 41.6. The van der Waals surface area contributed by atoms with Crippen molar-refractivity contribution in [3.8, 4) is 68.6 Å². The molecular formula is C43H27N11. The van der Waals surface area contributed by atoms with Crippen LogP contribution in [0.15, 0.2) is 165 Å². The molecule has 0 amide bonds. The van der Waals surface area contributed by atoms with E-state index in [-0.39, 0.29) is 0 Å². The van der Waals surface area contributed by atoms with E-state index >= 15 is 0 Å². The largest absolute Gasteiger partial charge is 0.291 e. The van der Waals surface area contributed by atoms with Gasteiger partial charge in [0.25, 0.3) is 0 Å². The van der Waals surface area contributed by atoms with Crippen LogP contribution in [0.2, 0.25) is 0 Å². The summed E-state index contributed by atoms with van der Waals surface area (Å²) < 4.78 is 4.20. The highest BCUT2D eigenvalue weighted by Crippen LogP contribution is 2.31. The van der Waals surface area contributed by atoms with Crippen LogP contribution >= 0.6 is 0 Å². The van der Waals surface area contributed by atoms with E-state index in [1.54, 1.807) is 24.8 Å². The Morgan fingerprint density at radius 1 is 0.352 bits per heavy atom. The van der Waals surface area contributed by atoms with Gasteiger partial charge >= 0.3 is 0 Å². The average Bonchev–Trinajstić information content (AvgIpc) is 3.84. The molecule has 10 aromatic rings. The van der Waals surface area contributed by atoms with Crippen LogP contribution in [0.3, 0.4) is 0 Å². The average molecular weight is 698 g/mol. The van der Waals surface area contributed by atoms with Gasteiger partial charge in [0.2, 0.25) is 0 Å². The summed E-state index contributed by atoms with van der Waals surface area (Å²) in [5.74, 6) is 2.98. The number of fused-ring (bicyclic) bond motifs is 2. The number of para-hydroxylation sites is 4. The summed E-state index contributed by atoms with van der Waals surface area (Å²) in [7, 11) is 0. The third kappa shape index (κ3) is 5.53.